The number of benzene rings is 2. The zero-order chi connectivity index (χ0) is 17.8. The van der Waals surface area contributed by atoms with Gasteiger partial charge >= 0.3 is 0 Å². The van der Waals surface area contributed by atoms with Gasteiger partial charge in [-0.2, -0.15) is 0 Å². The number of anilines is 1. The SMILES string of the molecule is COc1ccccc1N1CC[C@H](NC(=O)c2ccc([N+](=O)[O-])cc2)C1. The van der Waals surface area contributed by atoms with E-state index in [2.05, 4.69) is 10.2 Å². The molecule has 1 saturated heterocycles. The second-order valence-corrected chi connectivity index (χ2v) is 5.88. The average Bonchev–Trinajstić information content (AvgIpc) is 3.10. The number of para-hydroxylation sites is 2. The van der Waals surface area contributed by atoms with Crippen LogP contribution < -0.4 is 15.0 Å². The summed E-state index contributed by atoms with van der Waals surface area (Å²) < 4.78 is 5.39. The second kappa shape index (κ2) is 7.21. The van der Waals surface area contributed by atoms with Gasteiger partial charge in [0.25, 0.3) is 11.6 Å². The van der Waals surface area contributed by atoms with Crippen molar-refractivity contribution >= 4 is 17.3 Å². The van der Waals surface area contributed by atoms with Crippen molar-refractivity contribution in [3.8, 4) is 5.75 Å². The van der Waals surface area contributed by atoms with Crippen LogP contribution >= 0.6 is 0 Å². The predicted octanol–water partition coefficient (Wildman–Crippen LogP) is 2.61. The quantitative estimate of drug-likeness (QED) is 0.667. The molecule has 0 unspecified atom stereocenters. The summed E-state index contributed by atoms with van der Waals surface area (Å²) in [6, 6.07) is 13.4. The van der Waals surface area contributed by atoms with Crippen LogP contribution in [0.5, 0.6) is 5.75 Å². The number of non-ortho nitro benzene ring substituents is 1. The van der Waals surface area contributed by atoms with Gasteiger partial charge in [-0.25, -0.2) is 0 Å². The van der Waals surface area contributed by atoms with Crippen LogP contribution in [0.25, 0.3) is 0 Å². The monoisotopic (exact) mass is 341 g/mol. The highest BCUT2D eigenvalue weighted by atomic mass is 16.6. The van der Waals surface area contributed by atoms with E-state index in [9.17, 15) is 14.9 Å². The molecule has 1 fully saturated rings. The third kappa shape index (κ3) is 3.71. The summed E-state index contributed by atoms with van der Waals surface area (Å²) >= 11 is 0. The van der Waals surface area contributed by atoms with Crippen LogP contribution in [0.1, 0.15) is 16.8 Å². The topological polar surface area (TPSA) is 84.7 Å². The number of nitro groups is 1. The minimum absolute atomic E-state index is 0.0209. The van der Waals surface area contributed by atoms with Crippen molar-refractivity contribution in [2.24, 2.45) is 0 Å². The lowest BCUT2D eigenvalue weighted by molar-refractivity contribution is -0.384. The molecular formula is C18H19N3O4. The van der Waals surface area contributed by atoms with Crippen LogP contribution in [0.3, 0.4) is 0 Å². The van der Waals surface area contributed by atoms with E-state index < -0.39 is 4.92 Å². The number of ether oxygens (including phenoxy) is 1. The molecule has 0 bridgehead atoms. The van der Waals surface area contributed by atoms with Crippen molar-refractivity contribution in [3.63, 3.8) is 0 Å². The van der Waals surface area contributed by atoms with E-state index in [0.29, 0.717) is 12.1 Å². The molecule has 0 radical (unpaired) electrons. The Kier molecular flexibility index (Phi) is 4.83. The zero-order valence-corrected chi connectivity index (χ0v) is 13.8. The zero-order valence-electron chi connectivity index (χ0n) is 13.8. The molecule has 3 rings (SSSR count). The highest BCUT2D eigenvalue weighted by Crippen LogP contribution is 2.30. The van der Waals surface area contributed by atoms with Gasteiger partial charge in [-0.3, -0.25) is 14.9 Å². The number of carbonyl (C=O) groups is 1. The van der Waals surface area contributed by atoms with Gasteiger partial charge in [-0.15, -0.1) is 0 Å². The minimum atomic E-state index is -0.482. The standard InChI is InChI=1S/C18H19N3O4/c1-25-17-5-3-2-4-16(17)20-11-10-14(12-20)19-18(22)13-6-8-15(9-7-13)21(23)24/h2-9,14H,10-12H2,1H3,(H,19,22)/t14-/m0/s1. The van der Waals surface area contributed by atoms with Gasteiger partial charge in [0, 0.05) is 36.8 Å². The molecule has 25 heavy (non-hydrogen) atoms. The fraction of sp³-hybridized carbons (Fsp3) is 0.278. The Morgan fingerprint density at radius 3 is 2.64 bits per heavy atom. The third-order valence-electron chi connectivity index (χ3n) is 4.29. The molecule has 1 aliphatic heterocycles. The molecule has 1 amide bonds. The number of rotatable bonds is 5. The highest BCUT2D eigenvalue weighted by Gasteiger charge is 2.26. The first-order valence-electron chi connectivity index (χ1n) is 8.02. The summed E-state index contributed by atoms with van der Waals surface area (Å²) in [6.07, 6.45) is 0.830. The van der Waals surface area contributed by atoms with Gasteiger partial charge in [0.1, 0.15) is 5.75 Å². The van der Waals surface area contributed by atoms with Gasteiger partial charge in [0.05, 0.1) is 17.7 Å². The summed E-state index contributed by atoms with van der Waals surface area (Å²) in [5.74, 6) is 0.589. The number of carbonyl (C=O) groups excluding carboxylic acids is 1. The number of nitrogens with one attached hydrogen (secondary N) is 1. The molecule has 1 aliphatic rings. The maximum atomic E-state index is 12.3. The number of hydrogen-bond acceptors (Lipinski definition) is 5. The van der Waals surface area contributed by atoms with Gasteiger partial charge in [-0.05, 0) is 30.7 Å². The van der Waals surface area contributed by atoms with Gasteiger partial charge in [-0.1, -0.05) is 12.1 Å². The van der Waals surface area contributed by atoms with E-state index in [1.54, 1.807) is 7.11 Å². The van der Waals surface area contributed by atoms with E-state index in [4.69, 9.17) is 4.74 Å². The van der Waals surface area contributed by atoms with E-state index in [0.717, 1.165) is 24.4 Å². The molecule has 1 heterocycles. The molecular weight excluding hydrogens is 322 g/mol. The van der Waals surface area contributed by atoms with Gasteiger partial charge < -0.3 is 15.0 Å². The largest absolute Gasteiger partial charge is 0.495 e. The summed E-state index contributed by atoms with van der Waals surface area (Å²) in [5, 5.41) is 13.7. The third-order valence-corrected chi connectivity index (χ3v) is 4.29. The molecule has 2 aromatic carbocycles. The van der Waals surface area contributed by atoms with Crippen molar-refractivity contribution in [2.45, 2.75) is 12.5 Å². The van der Waals surface area contributed by atoms with Crippen LogP contribution in [0.4, 0.5) is 11.4 Å². The number of hydrogen-bond donors (Lipinski definition) is 1. The van der Waals surface area contributed by atoms with Crippen molar-refractivity contribution < 1.29 is 14.5 Å². The van der Waals surface area contributed by atoms with Crippen LogP contribution in [-0.2, 0) is 0 Å². The Morgan fingerprint density at radius 1 is 1.24 bits per heavy atom. The number of nitro benzene ring substituents is 1. The molecule has 0 aliphatic carbocycles. The summed E-state index contributed by atoms with van der Waals surface area (Å²) in [4.78, 5) is 24.7. The van der Waals surface area contributed by atoms with E-state index in [1.807, 2.05) is 24.3 Å². The molecule has 1 N–H and O–H groups in total. The fourth-order valence-corrected chi connectivity index (χ4v) is 2.99. The van der Waals surface area contributed by atoms with Gasteiger partial charge in [0.15, 0.2) is 0 Å². The minimum Gasteiger partial charge on any atom is -0.495 e. The molecule has 0 saturated carbocycles. The molecule has 7 heteroatoms. The normalized spacial score (nSPS) is 16.5. The van der Waals surface area contributed by atoms with Crippen molar-refractivity contribution in [1.29, 1.82) is 0 Å². The Balaban J connectivity index is 1.63. The van der Waals surface area contributed by atoms with Crippen LogP contribution in [0.2, 0.25) is 0 Å². The molecule has 1 atom stereocenters. The summed E-state index contributed by atoms with van der Waals surface area (Å²) in [5.41, 5.74) is 1.40. The Bertz CT molecular complexity index is 776. The summed E-state index contributed by atoms with van der Waals surface area (Å²) in [6.45, 7) is 1.52. The number of methoxy groups -OCH3 is 1. The molecule has 0 spiro atoms. The Morgan fingerprint density at radius 2 is 1.96 bits per heavy atom. The predicted molar refractivity (Wildman–Crippen MR) is 94.2 cm³/mol. The fourth-order valence-electron chi connectivity index (χ4n) is 2.99. The molecule has 2 aromatic rings. The lowest BCUT2D eigenvalue weighted by atomic mass is 10.1. The van der Waals surface area contributed by atoms with Crippen LogP contribution in [0, 0.1) is 10.1 Å². The van der Waals surface area contributed by atoms with Gasteiger partial charge in [0.2, 0.25) is 0 Å². The maximum absolute atomic E-state index is 12.3. The van der Waals surface area contributed by atoms with Crippen LogP contribution in [-0.4, -0.2) is 37.1 Å². The van der Waals surface area contributed by atoms with E-state index in [1.165, 1.54) is 24.3 Å². The van der Waals surface area contributed by atoms with Crippen LogP contribution in [0.15, 0.2) is 48.5 Å². The first kappa shape index (κ1) is 16.8. The lowest BCUT2D eigenvalue weighted by Crippen LogP contribution is -2.37. The van der Waals surface area contributed by atoms with Crippen molar-refractivity contribution in [2.75, 3.05) is 25.1 Å². The second-order valence-electron chi connectivity index (χ2n) is 5.88. The first-order valence-corrected chi connectivity index (χ1v) is 8.02. The highest BCUT2D eigenvalue weighted by molar-refractivity contribution is 5.94. The van der Waals surface area contributed by atoms with E-state index in [-0.39, 0.29) is 17.6 Å². The summed E-state index contributed by atoms with van der Waals surface area (Å²) in [7, 11) is 1.64. The van der Waals surface area contributed by atoms with Crippen molar-refractivity contribution in [1.82, 2.24) is 5.32 Å². The molecule has 7 nitrogen and oxygen atoms in total. The Labute approximate surface area is 145 Å². The van der Waals surface area contributed by atoms with E-state index >= 15 is 0 Å². The number of amides is 1. The lowest BCUT2D eigenvalue weighted by Gasteiger charge is -2.21. The maximum Gasteiger partial charge on any atom is 0.269 e. The first-order chi connectivity index (χ1) is 12.1. The number of nitrogens with zero attached hydrogens (tertiary/aromatic N) is 2. The van der Waals surface area contributed by atoms with Crippen molar-refractivity contribution in [3.05, 3.63) is 64.2 Å². The Hall–Kier alpha value is -3.09. The average molecular weight is 341 g/mol. The molecule has 0 aromatic heterocycles. The molecule has 130 valence electrons. The smallest absolute Gasteiger partial charge is 0.269 e.